The first-order valence-electron chi connectivity index (χ1n) is 6.48. The standard InChI is InChI=1S/C14H19NO2/c16-13-9-11(15-7-3-4-8-15)10-17-14-6-2-1-5-12(13)14/h1-2,5-6,11,13,16H,3-4,7-10H2/t11-,13-/m1/s1. The van der Waals surface area contributed by atoms with Crippen molar-refractivity contribution in [2.24, 2.45) is 0 Å². The van der Waals surface area contributed by atoms with Crippen molar-refractivity contribution in [3.63, 3.8) is 0 Å². The maximum Gasteiger partial charge on any atom is 0.125 e. The molecule has 2 atom stereocenters. The molecule has 1 fully saturated rings. The minimum Gasteiger partial charge on any atom is -0.492 e. The smallest absolute Gasteiger partial charge is 0.125 e. The van der Waals surface area contributed by atoms with Crippen LogP contribution in [0.4, 0.5) is 0 Å². The minimum absolute atomic E-state index is 0.361. The molecular weight excluding hydrogens is 214 g/mol. The van der Waals surface area contributed by atoms with Crippen LogP contribution in [0.5, 0.6) is 5.75 Å². The molecule has 0 aromatic heterocycles. The van der Waals surface area contributed by atoms with Gasteiger partial charge in [0.25, 0.3) is 0 Å². The number of ether oxygens (including phenoxy) is 1. The summed E-state index contributed by atoms with van der Waals surface area (Å²) in [4.78, 5) is 2.45. The monoisotopic (exact) mass is 233 g/mol. The Morgan fingerprint density at radius 2 is 1.94 bits per heavy atom. The number of para-hydroxylation sites is 1. The molecule has 1 aromatic rings. The SMILES string of the molecule is O[C@@H]1C[C@@H](N2CCCC2)COc2ccccc21. The van der Waals surface area contributed by atoms with Crippen molar-refractivity contribution in [2.75, 3.05) is 19.7 Å². The number of fused-ring (bicyclic) bond motifs is 1. The first kappa shape index (κ1) is 11.1. The quantitative estimate of drug-likeness (QED) is 0.805. The van der Waals surface area contributed by atoms with E-state index < -0.39 is 0 Å². The highest BCUT2D eigenvalue weighted by atomic mass is 16.5. The van der Waals surface area contributed by atoms with Gasteiger partial charge < -0.3 is 9.84 Å². The lowest BCUT2D eigenvalue weighted by molar-refractivity contribution is 0.103. The van der Waals surface area contributed by atoms with Crippen molar-refractivity contribution in [3.05, 3.63) is 29.8 Å². The Morgan fingerprint density at radius 3 is 2.76 bits per heavy atom. The molecule has 1 aromatic carbocycles. The third-order valence-corrected chi connectivity index (χ3v) is 3.86. The van der Waals surface area contributed by atoms with Crippen molar-refractivity contribution in [3.8, 4) is 5.75 Å². The summed E-state index contributed by atoms with van der Waals surface area (Å²) in [6, 6.07) is 8.19. The molecule has 3 rings (SSSR count). The molecule has 0 saturated carbocycles. The van der Waals surface area contributed by atoms with E-state index in [4.69, 9.17) is 4.74 Å². The van der Waals surface area contributed by atoms with E-state index in [0.29, 0.717) is 12.6 Å². The molecule has 0 bridgehead atoms. The second kappa shape index (κ2) is 4.67. The predicted octanol–water partition coefficient (Wildman–Crippen LogP) is 1.97. The molecule has 0 spiro atoms. The van der Waals surface area contributed by atoms with E-state index in [2.05, 4.69) is 4.90 Å². The second-order valence-electron chi connectivity index (χ2n) is 5.00. The van der Waals surface area contributed by atoms with Crippen molar-refractivity contribution >= 4 is 0 Å². The van der Waals surface area contributed by atoms with E-state index in [-0.39, 0.29) is 6.10 Å². The van der Waals surface area contributed by atoms with E-state index in [9.17, 15) is 5.11 Å². The van der Waals surface area contributed by atoms with Crippen LogP contribution >= 0.6 is 0 Å². The van der Waals surface area contributed by atoms with E-state index in [1.807, 2.05) is 24.3 Å². The topological polar surface area (TPSA) is 32.7 Å². The molecule has 0 aliphatic carbocycles. The van der Waals surface area contributed by atoms with Gasteiger partial charge in [0, 0.05) is 11.6 Å². The molecular formula is C14H19NO2. The molecule has 2 aliphatic heterocycles. The van der Waals surface area contributed by atoms with Gasteiger partial charge in [-0.2, -0.15) is 0 Å². The number of likely N-dealkylation sites (tertiary alicyclic amines) is 1. The molecule has 2 heterocycles. The van der Waals surface area contributed by atoms with Crippen molar-refractivity contribution in [2.45, 2.75) is 31.4 Å². The Bertz CT molecular complexity index is 388. The van der Waals surface area contributed by atoms with Crippen molar-refractivity contribution in [1.82, 2.24) is 4.90 Å². The molecule has 17 heavy (non-hydrogen) atoms. The summed E-state index contributed by atoms with van der Waals surface area (Å²) in [7, 11) is 0. The van der Waals surface area contributed by atoms with Gasteiger partial charge in [-0.25, -0.2) is 0 Å². The lowest BCUT2D eigenvalue weighted by Gasteiger charge is -2.26. The minimum atomic E-state index is -0.390. The zero-order valence-corrected chi connectivity index (χ0v) is 10.0. The molecule has 3 nitrogen and oxygen atoms in total. The number of nitrogens with zero attached hydrogens (tertiary/aromatic N) is 1. The lowest BCUT2D eigenvalue weighted by atomic mass is 10.0. The van der Waals surface area contributed by atoms with Crippen LogP contribution in [0.2, 0.25) is 0 Å². The molecule has 92 valence electrons. The van der Waals surface area contributed by atoms with E-state index in [1.54, 1.807) is 0 Å². The zero-order valence-electron chi connectivity index (χ0n) is 10.0. The van der Waals surface area contributed by atoms with E-state index in [1.165, 1.54) is 12.8 Å². The molecule has 0 radical (unpaired) electrons. The van der Waals surface area contributed by atoms with Crippen LogP contribution in [0.3, 0.4) is 0 Å². The number of aliphatic hydroxyl groups is 1. The first-order valence-corrected chi connectivity index (χ1v) is 6.48. The summed E-state index contributed by atoms with van der Waals surface area (Å²) in [6.07, 6.45) is 2.95. The van der Waals surface area contributed by atoms with Crippen LogP contribution < -0.4 is 4.74 Å². The van der Waals surface area contributed by atoms with Gasteiger partial charge in [0.1, 0.15) is 12.4 Å². The number of hydrogen-bond donors (Lipinski definition) is 1. The maximum atomic E-state index is 10.3. The van der Waals surface area contributed by atoms with Crippen LogP contribution in [-0.2, 0) is 0 Å². The highest BCUT2D eigenvalue weighted by molar-refractivity contribution is 5.36. The fraction of sp³-hybridized carbons (Fsp3) is 0.571. The third-order valence-electron chi connectivity index (χ3n) is 3.86. The number of aliphatic hydroxyl groups excluding tert-OH is 1. The van der Waals surface area contributed by atoms with Crippen LogP contribution in [0, 0.1) is 0 Å². The summed E-state index contributed by atoms with van der Waals surface area (Å²) >= 11 is 0. The van der Waals surface area contributed by atoms with Gasteiger partial charge in [0.05, 0.1) is 6.10 Å². The van der Waals surface area contributed by atoms with Gasteiger partial charge in [0.2, 0.25) is 0 Å². The van der Waals surface area contributed by atoms with Crippen molar-refractivity contribution < 1.29 is 9.84 Å². The van der Waals surface area contributed by atoms with Gasteiger partial charge in [-0.15, -0.1) is 0 Å². The first-order chi connectivity index (χ1) is 8.34. The normalized spacial score (nSPS) is 29.5. The summed E-state index contributed by atoms with van der Waals surface area (Å²) in [5.41, 5.74) is 0.939. The molecule has 0 unspecified atom stereocenters. The largest absolute Gasteiger partial charge is 0.492 e. The fourth-order valence-electron chi connectivity index (χ4n) is 2.89. The maximum absolute atomic E-state index is 10.3. The predicted molar refractivity (Wildman–Crippen MR) is 66.1 cm³/mol. The third kappa shape index (κ3) is 2.17. The van der Waals surface area contributed by atoms with Crippen LogP contribution in [0.15, 0.2) is 24.3 Å². The Hall–Kier alpha value is -1.06. The Morgan fingerprint density at radius 1 is 1.18 bits per heavy atom. The van der Waals surface area contributed by atoms with Crippen LogP contribution in [-0.4, -0.2) is 35.7 Å². The molecule has 1 N–H and O–H groups in total. The summed E-state index contributed by atoms with van der Waals surface area (Å²) in [6.45, 7) is 3.00. The Labute approximate surface area is 102 Å². The Balaban J connectivity index is 1.79. The van der Waals surface area contributed by atoms with Gasteiger partial charge in [-0.1, -0.05) is 18.2 Å². The molecule has 1 saturated heterocycles. The van der Waals surface area contributed by atoms with Gasteiger partial charge in [0.15, 0.2) is 0 Å². The highest BCUT2D eigenvalue weighted by Crippen LogP contribution is 2.33. The number of benzene rings is 1. The summed E-state index contributed by atoms with van der Waals surface area (Å²) in [5, 5.41) is 10.3. The summed E-state index contributed by atoms with van der Waals surface area (Å²) < 4.78 is 5.84. The van der Waals surface area contributed by atoms with Gasteiger partial charge in [-0.3, -0.25) is 4.90 Å². The van der Waals surface area contributed by atoms with Gasteiger partial charge >= 0.3 is 0 Å². The van der Waals surface area contributed by atoms with Gasteiger partial charge in [-0.05, 0) is 38.4 Å². The molecule has 3 heteroatoms. The Kier molecular flexibility index (Phi) is 3.04. The molecule has 2 aliphatic rings. The summed E-state index contributed by atoms with van der Waals surface area (Å²) in [5.74, 6) is 0.849. The number of rotatable bonds is 1. The van der Waals surface area contributed by atoms with Crippen molar-refractivity contribution in [1.29, 1.82) is 0 Å². The molecule has 0 amide bonds. The van der Waals surface area contributed by atoms with E-state index in [0.717, 1.165) is 30.8 Å². The van der Waals surface area contributed by atoms with E-state index >= 15 is 0 Å². The van der Waals surface area contributed by atoms with Crippen LogP contribution in [0.25, 0.3) is 0 Å². The van der Waals surface area contributed by atoms with Crippen LogP contribution in [0.1, 0.15) is 30.9 Å². The average Bonchev–Trinajstić information content (AvgIpc) is 2.83. The highest BCUT2D eigenvalue weighted by Gasteiger charge is 2.29. The number of hydrogen-bond acceptors (Lipinski definition) is 3. The fourth-order valence-corrected chi connectivity index (χ4v) is 2.89. The lowest BCUT2D eigenvalue weighted by Crippen LogP contribution is -2.37. The zero-order chi connectivity index (χ0) is 11.7. The average molecular weight is 233 g/mol. The second-order valence-corrected chi connectivity index (χ2v) is 5.00.